The summed E-state index contributed by atoms with van der Waals surface area (Å²) >= 11 is 0. The first-order chi connectivity index (χ1) is 20.2. The molecule has 1 saturated carbocycles. The van der Waals surface area contributed by atoms with Crippen LogP contribution in [-0.4, -0.2) is 60.2 Å². The maximum Gasteiger partial charge on any atom is 0.289 e. The molecule has 0 spiro atoms. The van der Waals surface area contributed by atoms with Crippen LogP contribution in [0.3, 0.4) is 0 Å². The summed E-state index contributed by atoms with van der Waals surface area (Å²) in [6.45, 7) is 0.459. The van der Waals surface area contributed by atoms with Crippen LogP contribution >= 0.6 is 0 Å². The molecule has 222 valence electrons. The van der Waals surface area contributed by atoms with E-state index in [-0.39, 0.29) is 18.2 Å². The molecule has 0 unspecified atom stereocenters. The van der Waals surface area contributed by atoms with Gasteiger partial charge in [0.05, 0.1) is 6.04 Å². The number of likely N-dealkylation sites (N-methyl/N-ethyl adjacent to an activating group) is 1. The van der Waals surface area contributed by atoms with Crippen molar-refractivity contribution in [2.45, 2.75) is 69.1 Å². The molecule has 3 aliphatic rings. The first kappa shape index (κ1) is 29.4. The van der Waals surface area contributed by atoms with E-state index in [1.807, 2.05) is 24.3 Å². The van der Waals surface area contributed by atoms with E-state index >= 15 is 0 Å². The van der Waals surface area contributed by atoms with Gasteiger partial charge < -0.3 is 26.4 Å². The van der Waals surface area contributed by atoms with Crippen molar-refractivity contribution >= 4 is 29.4 Å². The number of fused-ring (bicyclic) bond motifs is 3. The number of ketones is 1. The van der Waals surface area contributed by atoms with Gasteiger partial charge in [-0.05, 0) is 36.3 Å². The Labute approximate surface area is 245 Å². The minimum Gasteiger partial charge on any atom is -0.372 e. The lowest BCUT2D eigenvalue weighted by Gasteiger charge is -2.31. The fraction of sp³-hybridized carbons (Fsp3) is 0.469. The molecule has 3 atom stereocenters. The largest absolute Gasteiger partial charge is 0.372 e. The molecule has 1 heterocycles. The third-order valence-corrected chi connectivity index (χ3v) is 8.93. The second kappa shape index (κ2) is 12.4. The molecule has 5 rings (SSSR count). The van der Waals surface area contributed by atoms with E-state index in [0.717, 1.165) is 43.2 Å². The molecule has 10 heteroatoms. The van der Waals surface area contributed by atoms with Gasteiger partial charge in [0.25, 0.3) is 11.8 Å². The predicted octanol–water partition coefficient (Wildman–Crippen LogP) is 1.68. The topological polar surface area (TPSA) is 154 Å². The van der Waals surface area contributed by atoms with Crippen LogP contribution in [0.25, 0.3) is 11.1 Å². The minimum atomic E-state index is -2.02. The predicted molar refractivity (Wildman–Crippen MR) is 155 cm³/mol. The van der Waals surface area contributed by atoms with E-state index in [0.29, 0.717) is 30.5 Å². The summed E-state index contributed by atoms with van der Waals surface area (Å²) in [5, 5.41) is 22.5. The summed E-state index contributed by atoms with van der Waals surface area (Å²) in [6, 6.07) is 12.0. The Morgan fingerprint density at radius 1 is 0.881 bits per heavy atom. The summed E-state index contributed by atoms with van der Waals surface area (Å²) in [4.78, 5) is 65.4. The van der Waals surface area contributed by atoms with E-state index < -0.39 is 47.1 Å². The molecule has 0 radical (unpaired) electrons. The molecule has 2 aliphatic carbocycles. The van der Waals surface area contributed by atoms with Crippen molar-refractivity contribution in [1.29, 1.82) is 0 Å². The Kier molecular flexibility index (Phi) is 8.72. The first-order valence-electron chi connectivity index (χ1n) is 14.8. The summed E-state index contributed by atoms with van der Waals surface area (Å²) in [7, 11) is 1.32. The zero-order valence-corrected chi connectivity index (χ0v) is 23.8. The number of aliphatic hydroxyl groups is 1. The van der Waals surface area contributed by atoms with E-state index in [1.165, 1.54) is 7.05 Å². The molecule has 1 aliphatic heterocycles. The zero-order chi connectivity index (χ0) is 29.9. The summed E-state index contributed by atoms with van der Waals surface area (Å²) in [6.07, 6.45) is 5.73. The van der Waals surface area contributed by atoms with Gasteiger partial charge in [-0.15, -0.1) is 0 Å². The number of rotatable bonds is 10. The molecule has 2 fully saturated rings. The summed E-state index contributed by atoms with van der Waals surface area (Å²) in [5.41, 5.74) is 0.327. The molecule has 10 nitrogen and oxygen atoms in total. The fourth-order valence-electron chi connectivity index (χ4n) is 6.65. The molecule has 5 N–H and O–H groups in total. The van der Waals surface area contributed by atoms with Gasteiger partial charge in [-0.3, -0.25) is 24.0 Å². The third kappa shape index (κ3) is 5.68. The standard InChI is InChI=1S/C32H38N4O6/c1-33-30(40)27(37)25(18-20-15-16-34-28(20)38)35-29(39)26(17-19-9-3-2-4-10-19)36-31(41)32(42)23-13-7-5-11-21(23)22-12-6-8-14-24(22)32/h5-8,11-14,19-20,25-26,42H,2-4,9-10,15-18H2,1H3,(H,33,40)(H,34,38)(H,35,39)(H,36,41)/t20-,25-,26+/m0/s1. The van der Waals surface area contributed by atoms with Gasteiger partial charge >= 0.3 is 0 Å². The van der Waals surface area contributed by atoms with Crippen LogP contribution in [0.1, 0.15) is 62.5 Å². The van der Waals surface area contributed by atoms with Crippen molar-refractivity contribution < 1.29 is 29.1 Å². The van der Waals surface area contributed by atoms with Crippen LogP contribution in [0.15, 0.2) is 48.5 Å². The molecule has 42 heavy (non-hydrogen) atoms. The highest BCUT2D eigenvalue weighted by atomic mass is 16.3. The quantitative estimate of drug-likeness (QED) is 0.272. The van der Waals surface area contributed by atoms with Crippen molar-refractivity contribution in [2.75, 3.05) is 13.6 Å². The Morgan fingerprint density at radius 3 is 2.07 bits per heavy atom. The summed E-state index contributed by atoms with van der Waals surface area (Å²) in [5.74, 6) is -3.68. The van der Waals surface area contributed by atoms with Crippen molar-refractivity contribution in [2.24, 2.45) is 11.8 Å². The number of carbonyl (C=O) groups excluding carboxylic acids is 5. The molecule has 2 aromatic rings. The van der Waals surface area contributed by atoms with Gasteiger partial charge in [-0.1, -0.05) is 80.6 Å². The van der Waals surface area contributed by atoms with Gasteiger partial charge in [0.1, 0.15) is 6.04 Å². The Balaban J connectivity index is 1.42. The monoisotopic (exact) mass is 574 g/mol. The number of Topliss-reactive ketones (excluding diaryl/α,β-unsaturated/α-hetero) is 1. The number of amides is 4. The lowest BCUT2D eigenvalue weighted by atomic mass is 9.84. The number of carbonyl (C=O) groups is 5. The Morgan fingerprint density at radius 2 is 1.50 bits per heavy atom. The molecule has 0 bridgehead atoms. The average Bonchev–Trinajstić information content (AvgIpc) is 3.54. The molecule has 4 amide bonds. The normalized spacial score (nSPS) is 20.4. The first-order valence-corrected chi connectivity index (χ1v) is 14.8. The lowest BCUT2D eigenvalue weighted by molar-refractivity contribution is -0.142. The van der Waals surface area contributed by atoms with Crippen molar-refractivity contribution in [3.05, 3.63) is 59.7 Å². The molecular weight excluding hydrogens is 536 g/mol. The van der Waals surface area contributed by atoms with Crippen LogP contribution in [0, 0.1) is 11.8 Å². The Hall–Kier alpha value is -4.05. The number of hydrogen-bond donors (Lipinski definition) is 5. The molecule has 0 aromatic heterocycles. The molecule has 1 saturated heterocycles. The second-order valence-corrected chi connectivity index (χ2v) is 11.6. The number of nitrogens with one attached hydrogen (secondary N) is 4. The highest BCUT2D eigenvalue weighted by Crippen LogP contribution is 2.47. The van der Waals surface area contributed by atoms with E-state index in [2.05, 4.69) is 21.3 Å². The van der Waals surface area contributed by atoms with Crippen molar-refractivity contribution in [1.82, 2.24) is 21.3 Å². The van der Waals surface area contributed by atoms with E-state index in [9.17, 15) is 29.1 Å². The highest BCUT2D eigenvalue weighted by Gasteiger charge is 2.49. The smallest absolute Gasteiger partial charge is 0.289 e. The maximum absolute atomic E-state index is 14.0. The zero-order valence-electron chi connectivity index (χ0n) is 23.8. The maximum atomic E-state index is 14.0. The minimum absolute atomic E-state index is 0.0292. The van der Waals surface area contributed by atoms with Crippen LogP contribution in [0.2, 0.25) is 0 Å². The van der Waals surface area contributed by atoms with Gasteiger partial charge in [0.2, 0.25) is 17.6 Å². The second-order valence-electron chi connectivity index (χ2n) is 11.6. The fourth-order valence-corrected chi connectivity index (χ4v) is 6.65. The van der Waals surface area contributed by atoms with Crippen LogP contribution in [-0.2, 0) is 29.6 Å². The highest BCUT2D eigenvalue weighted by molar-refractivity contribution is 6.38. The SMILES string of the molecule is CNC(=O)C(=O)[C@H](C[C@@H]1CCNC1=O)NC(=O)[C@@H](CC1CCCCC1)NC(=O)C1(O)c2ccccc2-c2ccccc21. The molecular formula is C32H38N4O6. The van der Waals surface area contributed by atoms with Gasteiger partial charge in [-0.2, -0.15) is 0 Å². The number of hydrogen-bond acceptors (Lipinski definition) is 6. The summed E-state index contributed by atoms with van der Waals surface area (Å²) < 4.78 is 0. The van der Waals surface area contributed by atoms with Gasteiger partial charge in [0.15, 0.2) is 5.60 Å². The van der Waals surface area contributed by atoms with E-state index in [4.69, 9.17) is 0 Å². The van der Waals surface area contributed by atoms with Gasteiger partial charge in [0, 0.05) is 30.6 Å². The lowest BCUT2D eigenvalue weighted by Crippen LogP contribution is -2.57. The third-order valence-electron chi connectivity index (χ3n) is 8.93. The van der Waals surface area contributed by atoms with Crippen molar-refractivity contribution in [3.8, 4) is 11.1 Å². The Bertz CT molecular complexity index is 1340. The van der Waals surface area contributed by atoms with Gasteiger partial charge in [-0.25, -0.2) is 0 Å². The van der Waals surface area contributed by atoms with Crippen molar-refractivity contribution in [3.63, 3.8) is 0 Å². The number of benzene rings is 2. The van der Waals surface area contributed by atoms with E-state index in [1.54, 1.807) is 24.3 Å². The molecule has 2 aromatic carbocycles. The van der Waals surface area contributed by atoms with Crippen LogP contribution in [0.5, 0.6) is 0 Å². The average molecular weight is 575 g/mol. The van der Waals surface area contributed by atoms with Crippen LogP contribution in [0.4, 0.5) is 0 Å². The van der Waals surface area contributed by atoms with Crippen LogP contribution < -0.4 is 21.3 Å².